The van der Waals surface area contributed by atoms with Crippen molar-refractivity contribution in [1.82, 2.24) is 24.6 Å². The number of hydrogen-bond donors (Lipinski definition) is 1. The number of benzene rings is 1. The first-order valence-electron chi connectivity index (χ1n) is 8.67. The predicted molar refractivity (Wildman–Crippen MR) is 105 cm³/mol. The van der Waals surface area contributed by atoms with Crippen molar-refractivity contribution in [2.75, 3.05) is 37.2 Å². The zero-order valence-electron chi connectivity index (χ0n) is 15.0. The molecule has 0 bridgehead atoms. The van der Waals surface area contributed by atoms with Crippen molar-refractivity contribution in [2.24, 2.45) is 0 Å². The molecule has 1 aromatic carbocycles. The second-order valence-corrected chi connectivity index (χ2v) is 6.95. The largest absolute Gasteiger partial charge is 0.338 e. The van der Waals surface area contributed by atoms with Crippen molar-refractivity contribution in [3.05, 3.63) is 49.3 Å². The average Bonchev–Trinajstić information content (AvgIpc) is 3.14. The van der Waals surface area contributed by atoms with E-state index in [-0.39, 0.29) is 11.9 Å². The predicted octanol–water partition coefficient (Wildman–Crippen LogP) is 1.93. The Kier molecular flexibility index (Phi) is 6.48. The summed E-state index contributed by atoms with van der Waals surface area (Å²) in [6, 6.07) is 9.21. The minimum atomic E-state index is -0.139. The molecule has 0 unspecified atom stereocenters. The fraction of sp³-hybridized carbons (Fsp3) is 0.333. The van der Waals surface area contributed by atoms with E-state index in [9.17, 15) is 9.59 Å². The number of hydrogen-bond acceptors (Lipinski definition) is 5. The molecule has 3 amide bonds. The van der Waals surface area contributed by atoms with Crippen molar-refractivity contribution < 1.29 is 9.59 Å². The molecule has 9 heteroatoms. The van der Waals surface area contributed by atoms with Gasteiger partial charge in [0.25, 0.3) is 0 Å². The number of piperazine rings is 1. The maximum absolute atomic E-state index is 12.4. The number of allylic oxidation sites excluding steroid dienone is 1. The van der Waals surface area contributed by atoms with Gasteiger partial charge >= 0.3 is 6.03 Å². The van der Waals surface area contributed by atoms with Gasteiger partial charge < -0.3 is 19.7 Å². The molecule has 1 N–H and O–H groups in total. The maximum Gasteiger partial charge on any atom is 0.321 e. The minimum absolute atomic E-state index is 0.0382. The molecule has 0 aliphatic carbocycles. The highest BCUT2D eigenvalue weighted by Crippen LogP contribution is 2.16. The molecule has 1 aromatic heterocycles. The summed E-state index contributed by atoms with van der Waals surface area (Å²) in [6.45, 7) is 6.39. The van der Waals surface area contributed by atoms with E-state index in [2.05, 4.69) is 22.1 Å². The lowest BCUT2D eigenvalue weighted by atomic mass is 10.3. The highest BCUT2D eigenvalue weighted by molar-refractivity contribution is 7.99. The van der Waals surface area contributed by atoms with Gasteiger partial charge in [0.15, 0.2) is 5.16 Å². The second-order valence-electron chi connectivity index (χ2n) is 6.01. The third-order valence-electron chi connectivity index (χ3n) is 4.18. The quantitative estimate of drug-likeness (QED) is 0.606. The van der Waals surface area contributed by atoms with Crippen LogP contribution in [0.2, 0.25) is 0 Å². The van der Waals surface area contributed by atoms with Crippen LogP contribution in [0.3, 0.4) is 0 Å². The van der Waals surface area contributed by atoms with E-state index < -0.39 is 0 Å². The summed E-state index contributed by atoms with van der Waals surface area (Å²) in [6.07, 6.45) is 3.38. The van der Waals surface area contributed by atoms with E-state index in [1.807, 2.05) is 34.9 Å². The van der Waals surface area contributed by atoms with Gasteiger partial charge in [0.2, 0.25) is 5.91 Å². The molecule has 8 nitrogen and oxygen atoms in total. The third kappa shape index (κ3) is 5.10. The Bertz CT molecular complexity index is 786. The zero-order chi connectivity index (χ0) is 19.1. The molecule has 2 heterocycles. The zero-order valence-corrected chi connectivity index (χ0v) is 15.8. The fourth-order valence-corrected chi connectivity index (χ4v) is 3.55. The number of nitrogens with one attached hydrogen (secondary N) is 1. The van der Waals surface area contributed by atoms with E-state index in [1.54, 1.807) is 22.2 Å². The molecule has 27 heavy (non-hydrogen) atoms. The van der Waals surface area contributed by atoms with E-state index >= 15 is 0 Å². The Morgan fingerprint density at radius 3 is 2.56 bits per heavy atom. The molecule has 0 radical (unpaired) electrons. The van der Waals surface area contributed by atoms with Crippen LogP contribution in [-0.2, 0) is 11.3 Å². The van der Waals surface area contributed by atoms with E-state index in [1.165, 1.54) is 11.8 Å². The standard InChI is InChI=1S/C18H22N6O2S/c1-2-8-24-14-19-21-18(24)27-13-16(25)22-9-11-23(12-10-22)17(26)20-15-6-4-3-5-7-15/h2-7,14H,1,8-13H2,(H,20,26). The lowest BCUT2D eigenvalue weighted by molar-refractivity contribution is -0.129. The van der Waals surface area contributed by atoms with Crippen molar-refractivity contribution in [2.45, 2.75) is 11.7 Å². The van der Waals surface area contributed by atoms with Gasteiger partial charge in [0.05, 0.1) is 5.75 Å². The van der Waals surface area contributed by atoms with Crippen molar-refractivity contribution in [3.8, 4) is 0 Å². The number of carbonyl (C=O) groups is 2. The van der Waals surface area contributed by atoms with Crippen molar-refractivity contribution in [1.29, 1.82) is 0 Å². The normalized spacial score (nSPS) is 14.1. The number of anilines is 1. The SMILES string of the molecule is C=CCn1cnnc1SCC(=O)N1CCN(C(=O)Nc2ccccc2)CC1. The van der Waals surface area contributed by atoms with Gasteiger partial charge in [0, 0.05) is 38.4 Å². The molecule has 0 atom stereocenters. The maximum atomic E-state index is 12.4. The molecular formula is C18H22N6O2S. The average molecular weight is 386 g/mol. The number of amides is 3. The molecule has 1 saturated heterocycles. The summed E-state index contributed by atoms with van der Waals surface area (Å²) in [7, 11) is 0. The van der Waals surface area contributed by atoms with Gasteiger partial charge in [-0.25, -0.2) is 4.79 Å². The van der Waals surface area contributed by atoms with Gasteiger partial charge in [-0.2, -0.15) is 0 Å². The smallest absolute Gasteiger partial charge is 0.321 e. The minimum Gasteiger partial charge on any atom is -0.338 e. The van der Waals surface area contributed by atoms with Crippen LogP contribution in [0.25, 0.3) is 0 Å². The summed E-state index contributed by atoms with van der Waals surface area (Å²) < 4.78 is 1.84. The van der Waals surface area contributed by atoms with Gasteiger partial charge in [-0.15, -0.1) is 16.8 Å². The Balaban J connectivity index is 1.44. The van der Waals surface area contributed by atoms with Gasteiger partial charge in [-0.3, -0.25) is 4.79 Å². The third-order valence-corrected chi connectivity index (χ3v) is 5.14. The Labute approximate surface area is 162 Å². The van der Waals surface area contributed by atoms with Crippen LogP contribution in [-0.4, -0.2) is 68.4 Å². The Hall–Kier alpha value is -2.81. The Morgan fingerprint density at radius 2 is 1.85 bits per heavy atom. The summed E-state index contributed by atoms with van der Waals surface area (Å²) in [4.78, 5) is 28.3. The molecule has 3 rings (SSSR count). The van der Waals surface area contributed by atoms with Crippen LogP contribution in [0.1, 0.15) is 0 Å². The number of nitrogens with zero attached hydrogens (tertiary/aromatic N) is 5. The molecule has 1 fully saturated rings. The van der Waals surface area contributed by atoms with Crippen LogP contribution < -0.4 is 5.32 Å². The van der Waals surface area contributed by atoms with Gasteiger partial charge in [-0.1, -0.05) is 36.0 Å². The number of thioether (sulfide) groups is 1. The fourth-order valence-electron chi connectivity index (χ4n) is 2.72. The van der Waals surface area contributed by atoms with Crippen LogP contribution in [0.15, 0.2) is 54.5 Å². The molecule has 2 aromatic rings. The van der Waals surface area contributed by atoms with Crippen molar-refractivity contribution in [3.63, 3.8) is 0 Å². The topological polar surface area (TPSA) is 83.4 Å². The van der Waals surface area contributed by atoms with E-state index in [0.717, 1.165) is 5.69 Å². The first kappa shape index (κ1) is 19.0. The molecule has 0 spiro atoms. The van der Waals surface area contributed by atoms with E-state index in [0.29, 0.717) is 43.6 Å². The number of urea groups is 1. The monoisotopic (exact) mass is 386 g/mol. The molecule has 1 aliphatic rings. The number of aromatic nitrogens is 3. The summed E-state index contributed by atoms with van der Waals surface area (Å²) >= 11 is 1.36. The highest BCUT2D eigenvalue weighted by atomic mass is 32.2. The Morgan fingerprint density at radius 1 is 1.15 bits per heavy atom. The second kappa shape index (κ2) is 9.22. The summed E-state index contributed by atoms with van der Waals surface area (Å²) in [5.74, 6) is 0.336. The molecular weight excluding hydrogens is 364 g/mol. The molecule has 142 valence electrons. The number of rotatable bonds is 6. The lowest BCUT2D eigenvalue weighted by Crippen LogP contribution is -2.52. The van der Waals surface area contributed by atoms with Gasteiger partial charge in [0.1, 0.15) is 6.33 Å². The lowest BCUT2D eigenvalue weighted by Gasteiger charge is -2.34. The number of para-hydroxylation sites is 1. The summed E-state index contributed by atoms with van der Waals surface area (Å²) in [5, 5.41) is 11.5. The van der Waals surface area contributed by atoms with Crippen LogP contribution >= 0.6 is 11.8 Å². The highest BCUT2D eigenvalue weighted by Gasteiger charge is 2.24. The van der Waals surface area contributed by atoms with Crippen LogP contribution in [0.5, 0.6) is 0 Å². The molecule has 1 aliphatic heterocycles. The first-order chi connectivity index (χ1) is 13.2. The van der Waals surface area contributed by atoms with Crippen molar-refractivity contribution >= 4 is 29.4 Å². The van der Waals surface area contributed by atoms with Crippen LogP contribution in [0.4, 0.5) is 10.5 Å². The van der Waals surface area contributed by atoms with E-state index in [4.69, 9.17) is 0 Å². The van der Waals surface area contributed by atoms with Crippen LogP contribution in [0, 0.1) is 0 Å². The summed E-state index contributed by atoms with van der Waals surface area (Å²) in [5.41, 5.74) is 0.765. The number of carbonyl (C=O) groups excluding carboxylic acids is 2. The molecule has 0 saturated carbocycles. The first-order valence-corrected chi connectivity index (χ1v) is 9.66. The van der Waals surface area contributed by atoms with Gasteiger partial charge in [-0.05, 0) is 12.1 Å².